The standard InChI is InChI=1S/C15H25N3O4S/c1-10-8-12(16)11(2)13(9-10)23(20,21)18-7-6-17-14(19)22-15(3,4)5/h8-9,18H,6-7,16H2,1-5H3,(H,17,19). The summed E-state index contributed by atoms with van der Waals surface area (Å²) in [5.74, 6) is 0. The first-order valence-electron chi connectivity index (χ1n) is 7.25. The summed E-state index contributed by atoms with van der Waals surface area (Å²) in [4.78, 5) is 11.6. The van der Waals surface area contributed by atoms with Crippen LogP contribution in [0.5, 0.6) is 0 Å². The molecule has 0 aromatic heterocycles. The summed E-state index contributed by atoms with van der Waals surface area (Å²) < 4.78 is 32.1. The molecule has 0 aliphatic carbocycles. The number of nitrogen functional groups attached to an aromatic ring is 1. The Morgan fingerprint density at radius 1 is 1.22 bits per heavy atom. The van der Waals surface area contributed by atoms with Crippen molar-refractivity contribution in [2.75, 3.05) is 18.8 Å². The first kappa shape index (κ1) is 19.2. The largest absolute Gasteiger partial charge is 0.444 e. The van der Waals surface area contributed by atoms with Crippen molar-refractivity contribution in [2.45, 2.75) is 45.1 Å². The number of sulfonamides is 1. The Morgan fingerprint density at radius 2 is 1.83 bits per heavy atom. The molecule has 0 saturated heterocycles. The van der Waals surface area contributed by atoms with Crippen molar-refractivity contribution in [1.29, 1.82) is 0 Å². The number of nitrogens with two attached hydrogens (primary N) is 1. The van der Waals surface area contributed by atoms with Crippen LogP contribution in [0.15, 0.2) is 17.0 Å². The topological polar surface area (TPSA) is 111 Å². The molecule has 1 aromatic carbocycles. The number of carbonyl (C=O) groups excluding carboxylic acids is 1. The molecule has 0 radical (unpaired) electrons. The van der Waals surface area contributed by atoms with Crippen LogP contribution in [0.2, 0.25) is 0 Å². The molecule has 1 aromatic rings. The van der Waals surface area contributed by atoms with Gasteiger partial charge in [0.15, 0.2) is 0 Å². The van der Waals surface area contributed by atoms with Gasteiger partial charge in [-0.05, 0) is 57.9 Å². The van der Waals surface area contributed by atoms with Crippen LogP contribution in [0.1, 0.15) is 31.9 Å². The molecule has 1 rings (SSSR count). The highest BCUT2D eigenvalue weighted by atomic mass is 32.2. The minimum Gasteiger partial charge on any atom is -0.444 e. The number of ether oxygens (including phenoxy) is 1. The second-order valence-corrected chi connectivity index (χ2v) is 8.04. The molecule has 0 saturated carbocycles. The minimum atomic E-state index is -3.69. The Morgan fingerprint density at radius 3 is 2.39 bits per heavy atom. The van der Waals surface area contributed by atoms with Crippen LogP contribution in [0.25, 0.3) is 0 Å². The molecule has 0 aliphatic rings. The number of alkyl carbamates (subject to hydrolysis) is 1. The van der Waals surface area contributed by atoms with E-state index in [1.807, 2.05) is 0 Å². The molecule has 4 N–H and O–H groups in total. The van der Waals surface area contributed by atoms with Crippen LogP contribution in [-0.2, 0) is 14.8 Å². The van der Waals surface area contributed by atoms with Gasteiger partial charge in [0.2, 0.25) is 10.0 Å². The van der Waals surface area contributed by atoms with Crippen molar-refractivity contribution in [3.05, 3.63) is 23.3 Å². The van der Waals surface area contributed by atoms with E-state index in [4.69, 9.17) is 10.5 Å². The highest BCUT2D eigenvalue weighted by Gasteiger charge is 2.19. The van der Waals surface area contributed by atoms with Crippen LogP contribution in [-0.4, -0.2) is 33.2 Å². The molecule has 7 nitrogen and oxygen atoms in total. The quantitative estimate of drug-likeness (QED) is 0.556. The van der Waals surface area contributed by atoms with E-state index in [-0.39, 0.29) is 18.0 Å². The van der Waals surface area contributed by atoms with Crippen molar-refractivity contribution in [3.63, 3.8) is 0 Å². The summed E-state index contributed by atoms with van der Waals surface area (Å²) in [5, 5.41) is 2.49. The third kappa shape index (κ3) is 6.07. The molecule has 0 fully saturated rings. The fourth-order valence-corrected chi connectivity index (χ4v) is 3.26. The van der Waals surface area contributed by atoms with E-state index in [1.54, 1.807) is 46.8 Å². The summed E-state index contributed by atoms with van der Waals surface area (Å²) in [5.41, 5.74) is 6.90. The van der Waals surface area contributed by atoms with Gasteiger partial charge in [-0.15, -0.1) is 0 Å². The summed E-state index contributed by atoms with van der Waals surface area (Å²) >= 11 is 0. The average Bonchev–Trinajstić information content (AvgIpc) is 2.37. The first-order valence-corrected chi connectivity index (χ1v) is 8.74. The SMILES string of the molecule is Cc1cc(N)c(C)c(S(=O)(=O)NCCNC(=O)OC(C)(C)C)c1. The van der Waals surface area contributed by atoms with Crippen LogP contribution < -0.4 is 15.8 Å². The van der Waals surface area contributed by atoms with Gasteiger partial charge in [0.1, 0.15) is 5.60 Å². The number of aryl methyl sites for hydroxylation is 1. The lowest BCUT2D eigenvalue weighted by molar-refractivity contribution is 0.0529. The van der Waals surface area contributed by atoms with Gasteiger partial charge in [-0.1, -0.05) is 0 Å². The second kappa shape index (κ2) is 7.18. The minimum absolute atomic E-state index is 0.0505. The third-order valence-electron chi connectivity index (χ3n) is 2.92. The number of hydrogen-bond donors (Lipinski definition) is 3. The lowest BCUT2D eigenvalue weighted by atomic mass is 10.1. The van der Waals surface area contributed by atoms with E-state index in [2.05, 4.69) is 10.0 Å². The van der Waals surface area contributed by atoms with Crippen LogP contribution in [0.4, 0.5) is 10.5 Å². The van der Waals surface area contributed by atoms with Gasteiger partial charge in [-0.3, -0.25) is 0 Å². The Labute approximate surface area is 137 Å². The molecule has 0 unspecified atom stereocenters. The van der Waals surface area contributed by atoms with Gasteiger partial charge in [0.05, 0.1) is 4.90 Å². The van der Waals surface area contributed by atoms with E-state index in [1.165, 1.54) is 0 Å². The number of carbonyl (C=O) groups is 1. The maximum absolute atomic E-state index is 12.3. The van der Waals surface area contributed by atoms with E-state index in [9.17, 15) is 13.2 Å². The zero-order valence-corrected chi connectivity index (χ0v) is 15.0. The molecule has 130 valence electrons. The second-order valence-electron chi connectivity index (χ2n) is 6.30. The molecule has 0 heterocycles. The number of nitrogens with one attached hydrogen (secondary N) is 2. The summed E-state index contributed by atoms with van der Waals surface area (Å²) in [6.07, 6.45) is -0.590. The molecule has 0 atom stereocenters. The van der Waals surface area contributed by atoms with Crippen molar-refractivity contribution in [1.82, 2.24) is 10.0 Å². The third-order valence-corrected chi connectivity index (χ3v) is 4.51. The van der Waals surface area contributed by atoms with E-state index < -0.39 is 21.7 Å². The maximum atomic E-state index is 12.3. The van der Waals surface area contributed by atoms with Crippen molar-refractivity contribution in [3.8, 4) is 0 Å². The lowest BCUT2D eigenvalue weighted by Crippen LogP contribution is -2.38. The Balaban J connectivity index is 2.63. The Bertz CT molecular complexity index is 679. The van der Waals surface area contributed by atoms with Gasteiger partial charge in [0, 0.05) is 18.8 Å². The summed E-state index contributed by atoms with van der Waals surface area (Å²) in [7, 11) is -3.69. The Hall–Kier alpha value is -1.80. The normalized spacial score (nSPS) is 12.0. The van der Waals surface area contributed by atoms with Crippen LogP contribution in [0, 0.1) is 13.8 Å². The average molecular weight is 343 g/mol. The van der Waals surface area contributed by atoms with Crippen LogP contribution in [0.3, 0.4) is 0 Å². The number of benzene rings is 1. The predicted molar refractivity (Wildman–Crippen MR) is 89.8 cm³/mol. The fourth-order valence-electron chi connectivity index (χ4n) is 1.87. The Kier molecular flexibility index (Phi) is 6.01. The fraction of sp³-hybridized carbons (Fsp3) is 0.533. The van der Waals surface area contributed by atoms with Crippen LogP contribution >= 0.6 is 0 Å². The number of anilines is 1. The highest BCUT2D eigenvalue weighted by molar-refractivity contribution is 7.89. The van der Waals surface area contributed by atoms with Crippen molar-refractivity contribution in [2.24, 2.45) is 0 Å². The molecule has 0 bridgehead atoms. The molecular formula is C15H25N3O4S. The van der Waals surface area contributed by atoms with E-state index >= 15 is 0 Å². The summed E-state index contributed by atoms with van der Waals surface area (Å²) in [6.45, 7) is 8.85. The first-order chi connectivity index (χ1) is 10.4. The smallest absolute Gasteiger partial charge is 0.407 e. The van der Waals surface area contributed by atoms with E-state index in [0.717, 1.165) is 5.56 Å². The lowest BCUT2D eigenvalue weighted by Gasteiger charge is -2.19. The zero-order valence-electron chi connectivity index (χ0n) is 14.2. The van der Waals surface area contributed by atoms with E-state index in [0.29, 0.717) is 11.3 Å². The molecular weight excluding hydrogens is 318 g/mol. The molecule has 0 aliphatic heterocycles. The molecule has 0 spiro atoms. The van der Waals surface area contributed by atoms with Gasteiger partial charge in [-0.2, -0.15) is 0 Å². The predicted octanol–water partition coefficient (Wildman–Crippen LogP) is 1.69. The summed E-state index contributed by atoms with van der Waals surface area (Å²) in [6, 6.07) is 3.29. The highest BCUT2D eigenvalue weighted by Crippen LogP contribution is 2.22. The van der Waals surface area contributed by atoms with Crippen molar-refractivity contribution >= 4 is 21.8 Å². The molecule has 8 heteroatoms. The molecule has 1 amide bonds. The van der Waals surface area contributed by atoms with Crippen molar-refractivity contribution < 1.29 is 17.9 Å². The number of amides is 1. The molecule has 23 heavy (non-hydrogen) atoms. The maximum Gasteiger partial charge on any atom is 0.407 e. The van der Waals surface area contributed by atoms with Gasteiger partial charge < -0.3 is 15.8 Å². The van der Waals surface area contributed by atoms with Gasteiger partial charge in [0.25, 0.3) is 0 Å². The van der Waals surface area contributed by atoms with Gasteiger partial charge in [-0.25, -0.2) is 17.9 Å². The zero-order chi connectivity index (χ0) is 17.8. The monoisotopic (exact) mass is 343 g/mol. The van der Waals surface area contributed by atoms with Gasteiger partial charge >= 0.3 is 6.09 Å². The number of hydrogen-bond acceptors (Lipinski definition) is 5. The number of rotatable bonds is 5.